The summed E-state index contributed by atoms with van der Waals surface area (Å²) in [6.07, 6.45) is 5.86. The van der Waals surface area contributed by atoms with Crippen molar-refractivity contribution in [2.45, 2.75) is 76.4 Å². The van der Waals surface area contributed by atoms with Crippen molar-refractivity contribution < 1.29 is 14.4 Å². The maximum atomic E-state index is 11.7. The highest BCUT2D eigenvalue weighted by molar-refractivity contribution is 8.15. The van der Waals surface area contributed by atoms with Crippen molar-refractivity contribution in [3.63, 3.8) is 0 Å². The number of amides is 2. The molecule has 2 amide bonds. The molecule has 67 heavy (non-hydrogen) atoms. The number of thiazole rings is 3. The minimum atomic E-state index is -0.284. The second kappa shape index (κ2) is 18.8. The highest BCUT2D eigenvalue weighted by Crippen LogP contribution is 2.43. The van der Waals surface area contributed by atoms with E-state index in [0.29, 0.717) is 11.5 Å². The number of carbonyl (C=O) groups is 3. The Morgan fingerprint density at radius 2 is 1.06 bits per heavy atom. The molecule has 5 aliphatic heterocycles. The highest BCUT2D eigenvalue weighted by atomic mass is 32.2. The van der Waals surface area contributed by atoms with Crippen LogP contribution in [0.5, 0.6) is 0 Å². The third-order valence-electron chi connectivity index (χ3n) is 13.1. The number of aryl methyl sites for hydroxylation is 2. The predicted molar refractivity (Wildman–Crippen MR) is 286 cm³/mol. The quantitative estimate of drug-likeness (QED) is 0.166. The van der Waals surface area contributed by atoms with Crippen molar-refractivity contribution >= 4 is 144 Å². The Morgan fingerprint density at radius 3 is 1.60 bits per heavy atom. The fraction of sp³-hybridized carbons (Fsp3) is 0.438. The molecule has 348 valence electrons. The minimum Gasteiger partial charge on any atom is -0.374 e. The van der Waals surface area contributed by atoms with E-state index in [0.717, 1.165) is 78.4 Å². The fourth-order valence-corrected chi connectivity index (χ4v) is 15.4. The normalized spacial score (nSPS) is 21.2. The number of nitrogens with zero attached hydrogens (tertiary/aromatic N) is 8. The Kier molecular flexibility index (Phi) is 13.0. The second-order valence-corrected chi connectivity index (χ2v) is 24.3. The average Bonchev–Trinajstić information content (AvgIpc) is 4.17. The summed E-state index contributed by atoms with van der Waals surface area (Å²) < 4.78 is 3.62. The van der Waals surface area contributed by atoms with Gasteiger partial charge in [-0.1, -0.05) is 13.8 Å². The van der Waals surface area contributed by atoms with E-state index in [-0.39, 0.29) is 41.1 Å². The van der Waals surface area contributed by atoms with E-state index < -0.39 is 0 Å². The molecule has 3 atom stereocenters. The lowest BCUT2D eigenvalue weighted by atomic mass is 9.78. The van der Waals surface area contributed by atoms with Gasteiger partial charge >= 0.3 is 0 Å². The van der Waals surface area contributed by atoms with Crippen LogP contribution in [0.1, 0.15) is 70.9 Å². The smallest absolute Gasteiger partial charge is 0.245 e. The average molecular weight is 1010 g/mol. The molecule has 8 heterocycles. The molecule has 3 aromatic carbocycles. The molecule has 19 heteroatoms. The van der Waals surface area contributed by atoms with Crippen molar-refractivity contribution in [1.29, 1.82) is 0 Å². The van der Waals surface area contributed by atoms with E-state index in [1.807, 2.05) is 0 Å². The van der Waals surface area contributed by atoms with Gasteiger partial charge in [0.25, 0.3) is 0 Å². The van der Waals surface area contributed by atoms with E-state index in [1.165, 1.54) is 67.0 Å². The summed E-state index contributed by atoms with van der Waals surface area (Å²) >= 11 is 9.92. The lowest BCUT2D eigenvalue weighted by molar-refractivity contribution is -0.122. The summed E-state index contributed by atoms with van der Waals surface area (Å²) in [5.74, 6) is 2.25. The first kappa shape index (κ1) is 46.3. The Labute approximate surface area is 414 Å². The number of hydrogen-bond donors (Lipinski definition) is 2. The van der Waals surface area contributed by atoms with Gasteiger partial charge in [0.2, 0.25) is 11.8 Å². The van der Waals surface area contributed by atoms with Gasteiger partial charge in [-0.3, -0.25) is 29.4 Å². The molecule has 0 bridgehead atoms. The topological polar surface area (TPSA) is 158 Å². The first-order valence-corrected chi connectivity index (χ1v) is 28.0. The number of benzene rings is 3. The standard InChI is InChI=1S/C18H21N3OS2.C15H16N4OS2.C15H15N3OS2/c1-10(22)13-9-23-16(20-13)17-19-12-7-11-14(8-15(12)24-17)21(4)6-5-18(11,2)3;1-16-13(20)10-7-21-14(18-10)15-17-9-5-8-3-4-19(2)11(8)6-12(9)22-15;1-16-13(19)11-7-20-14(18-11)15-17-10-5-8-3-2-4-9(8)6-12(10)21-15/h7-8,13H,5-6,9H2,1-4H3;5-6,10H,3-4,7H2,1-2H3,(H,16,20);5-6,11H,2-4,7H2,1H3,(H,16,19)/t13-;10-;11-/m111/s1. The number of carbonyl (C=O) groups excluding carboxylic acids is 3. The summed E-state index contributed by atoms with van der Waals surface area (Å²) in [6, 6.07) is 12.7. The molecule has 0 fully saturated rings. The third-order valence-corrected chi connectivity index (χ3v) is 19.7. The summed E-state index contributed by atoms with van der Waals surface area (Å²) in [4.78, 5) is 67.4. The molecule has 0 radical (unpaired) electrons. The van der Waals surface area contributed by atoms with E-state index in [4.69, 9.17) is 15.0 Å². The van der Waals surface area contributed by atoms with Gasteiger partial charge in [-0.05, 0) is 103 Å². The molecular formula is C48H52N10O3S6. The van der Waals surface area contributed by atoms with Crippen molar-refractivity contribution in [2.24, 2.45) is 15.0 Å². The number of fused-ring (bicyclic) bond motifs is 6. The number of anilines is 2. The molecule has 0 saturated carbocycles. The fourth-order valence-electron chi connectivity index (χ4n) is 9.05. The summed E-state index contributed by atoms with van der Waals surface area (Å²) in [5, 5.41) is 10.9. The molecule has 0 spiro atoms. The molecular weight excluding hydrogens is 957 g/mol. The van der Waals surface area contributed by atoms with E-state index in [2.05, 4.69) is 99.8 Å². The molecule has 0 unspecified atom stereocenters. The number of rotatable bonds is 6. The van der Waals surface area contributed by atoms with E-state index >= 15 is 0 Å². The van der Waals surface area contributed by atoms with Gasteiger partial charge < -0.3 is 20.4 Å². The lowest BCUT2D eigenvalue weighted by Crippen LogP contribution is -2.34. The van der Waals surface area contributed by atoms with Crippen molar-refractivity contribution in [2.75, 3.05) is 68.3 Å². The van der Waals surface area contributed by atoms with Crippen LogP contribution in [0.15, 0.2) is 51.4 Å². The number of aromatic nitrogens is 3. The number of nitrogens with one attached hydrogen (secondary N) is 2. The van der Waals surface area contributed by atoms with Crippen LogP contribution in [-0.4, -0.2) is 124 Å². The van der Waals surface area contributed by atoms with Crippen molar-refractivity contribution in [1.82, 2.24) is 25.6 Å². The van der Waals surface area contributed by atoms with Gasteiger partial charge in [0.1, 0.15) is 48.3 Å². The number of thioether (sulfide) groups is 3. The molecule has 6 aromatic rings. The first-order valence-electron chi connectivity index (χ1n) is 22.5. The van der Waals surface area contributed by atoms with Gasteiger partial charge in [0.15, 0.2) is 5.78 Å². The number of likely N-dealkylation sites (N-methyl/N-ethyl adjacent to an activating group) is 3. The number of hydrogen-bond acceptors (Lipinski definition) is 17. The molecule has 2 N–H and O–H groups in total. The van der Waals surface area contributed by atoms with E-state index in [1.54, 1.807) is 90.3 Å². The van der Waals surface area contributed by atoms with Crippen LogP contribution in [0.2, 0.25) is 0 Å². The van der Waals surface area contributed by atoms with Crippen LogP contribution in [0, 0.1) is 0 Å². The highest BCUT2D eigenvalue weighted by Gasteiger charge is 2.33. The van der Waals surface area contributed by atoms with Gasteiger partial charge in [-0.15, -0.1) is 69.3 Å². The number of Topliss-reactive ketones (excluding diaryl/α,β-unsaturated/α-hetero) is 1. The molecule has 1 aliphatic carbocycles. The van der Waals surface area contributed by atoms with Gasteiger partial charge in [-0.25, -0.2) is 15.0 Å². The monoisotopic (exact) mass is 1010 g/mol. The number of aliphatic imine (C=N–C) groups is 3. The third kappa shape index (κ3) is 9.27. The minimum absolute atomic E-state index is 0.0161. The summed E-state index contributed by atoms with van der Waals surface area (Å²) in [5.41, 5.74) is 11.6. The number of ketones is 1. The lowest BCUT2D eigenvalue weighted by Gasteiger charge is -2.38. The molecule has 12 rings (SSSR count). The Morgan fingerprint density at radius 1 is 0.597 bits per heavy atom. The van der Waals surface area contributed by atoms with Gasteiger partial charge in [0.05, 0.1) is 30.6 Å². The molecule has 6 aliphatic rings. The predicted octanol–water partition coefficient (Wildman–Crippen LogP) is 8.15. The van der Waals surface area contributed by atoms with Crippen LogP contribution in [0.3, 0.4) is 0 Å². The zero-order valence-electron chi connectivity index (χ0n) is 38.5. The van der Waals surface area contributed by atoms with Crippen molar-refractivity contribution in [3.05, 3.63) is 73.7 Å². The van der Waals surface area contributed by atoms with Crippen molar-refractivity contribution in [3.8, 4) is 0 Å². The largest absolute Gasteiger partial charge is 0.374 e. The van der Waals surface area contributed by atoms with E-state index in [9.17, 15) is 14.4 Å². The van der Waals surface area contributed by atoms with Crippen LogP contribution < -0.4 is 20.4 Å². The van der Waals surface area contributed by atoms with Crippen LogP contribution in [0.25, 0.3) is 30.6 Å². The summed E-state index contributed by atoms with van der Waals surface area (Å²) in [7, 11) is 7.59. The maximum Gasteiger partial charge on any atom is 0.245 e. The second-order valence-electron chi connectivity index (χ2n) is 18.1. The maximum absolute atomic E-state index is 11.7. The van der Waals surface area contributed by atoms with Gasteiger partial charge in [0, 0.05) is 69.9 Å². The molecule has 0 saturated heterocycles. The van der Waals surface area contributed by atoms with Crippen LogP contribution in [-0.2, 0) is 39.1 Å². The Bertz CT molecular complexity index is 3040. The molecule has 3 aromatic heterocycles. The SMILES string of the molecule is CC(=O)[C@H]1CSC(c2nc3cc4c(cc3s2)N(C)CCC4(C)C)=N1.CNC(=O)[C@H]1CSC(c2nc3cc4c(cc3s2)CCC4)=N1.CNC(=O)[C@H]1CSC(c2nc3cc4c(cc3s2)N(C)CC4)=N1. The Balaban J connectivity index is 0.000000118. The van der Waals surface area contributed by atoms with Crippen LogP contribution >= 0.6 is 69.3 Å². The molecule has 13 nitrogen and oxygen atoms in total. The zero-order chi connectivity index (χ0) is 46.7. The summed E-state index contributed by atoms with van der Waals surface area (Å²) in [6.45, 7) is 8.40. The zero-order valence-corrected chi connectivity index (χ0v) is 43.4. The Hall–Kier alpha value is -4.40. The first-order chi connectivity index (χ1) is 32.2. The van der Waals surface area contributed by atoms with Gasteiger partial charge in [-0.2, -0.15) is 0 Å². The van der Waals surface area contributed by atoms with Crippen LogP contribution in [0.4, 0.5) is 11.4 Å².